The fraction of sp³-hybridized carbons (Fsp3) is 0.182. The van der Waals surface area contributed by atoms with Crippen LogP contribution < -0.4 is 16.9 Å². The van der Waals surface area contributed by atoms with Crippen LogP contribution in [0.15, 0.2) is 37.8 Å². The first-order valence-corrected chi connectivity index (χ1v) is 6.54. The summed E-state index contributed by atoms with van der Waals surface area (Å²) < 4.78 is 1.39. The quantitative estimate of drug-likeness (QED) is 0.815. The van der Waals surface area contributed by atoms with E-state index in [0.717, 1.165) is 10.5 Å². The number of aryl methyl sites for hydroxylation is 1. The van der Waals surface area contributed by atoms with Gasteiger partial charge in [0, 0.05) is 23.5 Å². The normalized spacial score (nSPS) is 10.7. The number of nitrogens with two attached hydrogens (primary N) is 1. The monoisotopic (exact) mass is 298 g/mol. The molecule has 0 amide bonds. The molecular weight excluding hydrogens is 288 g/mol. The van der Waals surface area contributed by atoms with Crippen LogP contribution in [0.5, 0.6) is 0 Å². The lowest BCUT2D eigenvalue weighted by atomic mass is 10.2. The molecule has 0 fully saturated rings. The van der Waals surface area contributed by atoms with Gasteiger partial charge in [-0.2, -0.15) is 4.98 Å². The first-order chi connectivity index (χ1) is 9.01. The van der Waals surface area contributed by atoms with Crippen LogP contribution in [0.2, 0.25) is 5.02 Å². The van der Waals surface area contributed by atoms with Crippen LogP contribution >= 0.6 is 23.4 Å². The lowest BCUT2D eigenvalue weighted by molar-refractivity contribution is 0.596. The van der Waals surface area contributed by atoms with Crippen LogP contribution in [0.25, 0.3) is 0 Å². The number of nitrogens with one attached hydrogen (secondary N) is 1. The van der Waals surface area contributed by atoms with Gasteiger partial charge >= 0.3 is 11.1 Å². The van der Waals surface area contributed by atoms with E-state index in [1.807, 2.05) is 12.1 Å². The number of aromatic nitrogens is 3. The summed E-state index contributed by atoms with van der Waals surface area (Å²) in [5, 5.41) is 3.31. The maximum Gasteiger partial charge on any atom is 0.339 e. The van der Waals surface area contributed by atoms with Gasteiger partial charge in [-0.25, -0.2) is 0 Å². The molecule has 0 bridgehead atoms. The summed E-state index contributed by atoms with van der Waals surface area (Å²) in [6.07, 6.45) is 0. The van der Waals surface area contributed by atoms with Gasteiger partial charge in [0.1, 0.15) is 0 Å². The highest BCUT2D eigenvalue weighted by Crippen LogP contribution is 2.28. The first kappa shape index (κ1) is 13.9. The van der Waals surface area contributed by atoms with Crippen LogP contribution in [0.4, 0.5) is 0 Å². The molecule has 2 aromatic rings. The van der Waals surface area contributed by atoms with E-state index < -0.39 is 11.1 Å². The second-order valence-corrected chi connectivity index (χ2v) is 5.21. The highest BCUT2D eigenvalue weighted by molar-refractivity contribution is 7.99. The Balaban J connectivity index is 2.36. The summed E-state index contributed by atoms with van der Waals surface area (Å²) in [6, 6.07) is 5.39. The Morgan fingerprint density at radius 3 is 2.84 bits per heavy atom. The van der Waals surface area contributed by atoms with Crippen LogP contribution in [0.3, 0.4) is 0 Å². The lowest BCUT2D eigenvalue weighted by Crippen LogP contribution is -2.33. The fourth-order valence-corrected chi connectivity index (χ4v) is 2.57. The van der Waals surface area contributed by atoms with Gasteiger partial charge in [0.2, 0.25) is 0 Å². The minimum absolute atomic E-state index is 0.360. The molecule has 0 spiro atoms. The minimum atomic E-state index is -0.815. The van der Waals surface area contributed by atoms with Gasteiger partial charge in [-0.05, 0) is 17.7 Å². The van der Waals surface area contributed by atoms with Crippen LogP contribution in [-0.4, -0.2) is 14.8 Å². The van der Waals surface area contributed by atoms with Gasteiger partial charge in [0.25, 0.3) is 0 Å². The van der Waals surface area contributed by atoms with Crippen molar-refractivity contribution < 1.29 is 0 Å². The number of rotatable bonds is 3. The number of hydrogen-bond acceptors (Lipinski definition) is 5. The maximum atomic E-state index is 11.2. The highest BCUT2D eigenvalue weighted by Gasteiger charge is 2.07. The summed E-state index contributed by atoms with van der Waals surface area (Å²) >= 11 is 7.28. The summed E-state index contributed by atoms with van der Waals surface area (Å²) in [7, 11) is 1.60. The zero-order valence-corrected chi connectivity index (χ0v) is 11.6. The number of hydrogen-bond donors (Lipinski definition) is 2. The Hall–Kier alpha value is -1.57. The van der Waals surface area contributed by atoms with E-state index in [0.29, 0.717) is 16.7 Å². The Labute approximate surface area is 117 Å². The molecule has 19 heavy (non-hydrogen) atoms. The summed E-state index contributed by atoms with van der Waals surface area (Å²) in [5.41, 5.74) is 4.81. The van der Waals surface area contributed by atoms with Crippen LogP contribution in [0.1, 0.15) is 5.56 Å². The summed E-state index contributed by atoms with van der Waals surface area (Å²) in [4.78, 5) is 26.8. The highest BCUT2D eigenvalue weighted by atomic mass is 35.5. The molecule has 0 aliphatic heterocycles. The number of halogens is 1. The van der Waals surface area contributed by atoms with Crippen molar-refractivity contribution in [3.05, 3.63) is 49.5 Å². The molecule has 3 N–H and O–H groups in total. The summed E-state index contributed by atoms with van der Waals surface area (Å²) in [6.45, 7) is 0.360. The Morgan fingerprint density at radius 1 is 1.47 bits per heavy atom. The third-order valence-corrected chi connectivity index (χ3v) is 3.79. The van der Waals surface area contributed by atoms with Crippen LogP contribution in [-0.2, 0) is 13.6 Å². The third-order valence-electron chi connectivity index (χ3n) is 2.40. The molecule has 100 valence electrons. The molecule has 0 aliphatic carbocycles. The van der Waals surface area contributed by atoms with E-state index in [2.05, 4.69) is 10.1 Å². The Kier molecular flexibility index (Phi) is 4.08. The standard InChI is InChI=1S/C11H11ClN4O2S/c1-16-11(14-9(17)10(18)15-16)19-7-3-2-6(5-13)8(12)4-7/h2-4H,5,13H2,1H3,(H,15,18). The average molecular weight is 299 g/mol. The Bertz CT molecular complexity index is 725. The van der Waals surface area contributed by atoms with Gasteiger partial charge in [-0.3, -0.25) is 19.4 Å². The molecule has 8 heteroatoms. The molecule has 0 aliphatic rings. The van der Waals surface area contributed by atoms with Crippen molar-refractivity contribution in [1.82, 2.24) is 14.8 Å². The predicted octanol–water partition coefficient (Wildman–Crippen LogP) is 0.732. The zero-order chi connectivity index (χ0) is 14.0. The van der Waals surface area contributed by atoms with E-state index in [1.54, 1.807) is 13.1 Å². The molecule has 0 atom stereocenters. The molecule has 1 heterocycles. The van der Waals surface area contributed by atoms with E-state index >= 15 is 0 Å². The molecule has 0 saturated heterocycles. The predicted molar refractivity (Wildman–Crippen MR) is 73.6 cm³/mol. The average Bonchev–Trinajstić information content (AvgIpc) is 2.36. The number of aromatic amines is 1. The van der Waals surface area contributed by atoms with Crippen molar-refractivity contribution in [1.29, 1.82) is 0 Å². The first-order valence-electron chi connectivity index (χ1n) is 5.35. The molecule has 0 unspecified atom stereocenters. The van der Waals surface area contributed by atoms with Crippen molar-refractivity contribution in [2.24, 2.45) is 12.8 Å². The third kappa shape index (κ3) is 3.06. The SMILES string of the molecule is Cn1[nH]c(=O)c(=O)nc1Sc1ccc(CN)c(Cl)c1. The number of H-pyrrole nitrogens is 1. The summed E-state index contributed by atoms with van der Waals surface area (Å²) in [5.74, 6) is 0. The second kappa shape index (κ2) is 5.60. The van der Waals surface area contributed by atoms with Crippen LogP contribution in [0, 0.1) is 0 Å². The van der Waals surface area contributed by atoms with Gasteiger partial charge in [0.15, 0.2) is 5.16 Å². The zero-order valence-electron chi connectivity index (χ0n) is 10.0. The van der Waals surface area contributed by atoms with Crippen molar-refractivity contribution in [2.75, 3.05) is 0 Å². The van der Waals surface area contributed by atoms with Gasteiger partial charge in [-0.15, -0.1) is 0 Å². The maximum absolute atomic E-state index is 11.2. The van der Waals surface area contributed by atoms with E-state index in [-0.39, 0.29) is 0 Å². The van der Waals surface area contributed by atoms with Gasteiger partial charge in [-0.1, -0.05) is 29.4 Å². The fourth-order valence-electron chi connectivity index (χ4n) is 1.41. The molecule has 1 aromatic heterocycles. The largest absolute Gasteiger partial charge is 0.339 e. The van der Waals surface area contributed by atoms with Crippen molar-refractivity contribution in [3.8, 4) is 0 Å². The van der Waals surface area contributed by atoms with E-state index in [1.165, 1.54) is 16.4 Å². The van der Waals surface area contributed by atoms with Gasteiger partial charge < -0.3 is 5.73 Å². The molecule has 1 aromatic carbocycles. The molecule has 2 rings (SSSR count). The minimum Gasteiger partial charge on any atom is -0.326 e. The number of nitrogens with zero attached hydrogens (tertiary/aromatic N) is 2. The lowest BCUT2D eigenvalue weighted by Gasteiger charge is -2.07. The van der Waals surface area contributed by atoms with E-state index in [4.69, 9.17) is 17.3 Å². The van der Waals surface area contributed by atoms with Crippen molar-refractivity contribution in [3.63, 3.8) is 0 Å². The second-order valence-electron chi connectivity index (χ2n) is 3.76. The van der Waals surface area contributed by atoms with Crippen molar-refractivity contribution >= 4 is 23.4 Å². The smallest absolute Gasteiger partial charge is 0.326 e. The van der Waals surface area contributed by atoms with Crippen molar-refractivity contribution in [2.45, 2.75) is 16.6 Å². The van der Waals surface area contributed by atoms with E-state index in [9.17, 15) is 9.59 Å². The topological polar surface area (TPSA) is 93.8 Å². The van der Waals surface area contributed by atoms with Gasteiger partial charge in [0.05, 0.1) is 0 Å². The number of benzene rings is 1. The molecule has 0 radical (unpaired) electrons. The molecule has 6 nitrogen and oxygen atoms in total. The molecular formula is C11H11ClN4O2S. The Morgan fingerprint density at radius 2 is 2.21 bits per heavy atom. The molecule has 0 saturated carbocycles.